The minimum Gasteiger partial charge on any atom is -0.478 e. The second kappa shape index (κ2) is 9.76. The van der Waals surface area contributed by atoms with E-state index in [4.69, 9.17) is 15.2 Å². The average molecular weight is 530 g/mol. The van der Waals surface area contributed by atoms with Crippen molar-refractivity contribution in [2.24, 2.45) is 5.73 Å². The molecule has 11 heteroatoms. The van der Waals surface area contributed by atoms with Gasteiger partial charge in [0.2, 0.25) is 0 Å². The Kier molecular flexibility index (Phi) is 7.03. The maximum Gasteiger partial charge on any atom is 0.355 e. The molecule has 0 aliphatic carbocycles. The predicted octanol–water partition coefficient (Wildman–Crippen LogP) is 3.18. The zero-order valence-electron chi connectivity index (χ0n) is 17.8. The normalized spacial score (nSPS) is 15.6. The maximum atomic E-state index is 15.2. The molecule has 0 aromatic heterocycles. The highest BCUT2D eigenvalue weighted by molar-refractivity contribution is 9.10. The van der Waals surface area contributed by atoms with E-state index in [0.29, 0.717) is 5.56 Å². The third-order valence-corrected chi connectivity index (χ3v) is 5.70. The van der Waals surface area contributed by atoms with Crippen molar-refractivity contribution in [3.05, 3.63) is 86.5 Å². The van der Waals surface area contributed by atoms with Gasteiger partial charge in [-0.05, 0) is 33.6 Å². The first-order valence-corrected chi connectivity index (χ1v) is 10.3. The summed E-state index contributed by atoms with van der Waals surface area (Å²) in [5.74, 6) is -5.99. The number of aromatic carboxylic acids is 1. The molecule has 0 radical (unpaired) electrons. The van der Waals surface area contributed by atoms with Crippen LogP contribution in [0.3, 0.4) is 0 Å². The van der Waals surface area contributed by atoms with Crippen molar-refractivity contribution in [2.45, 2.75) is 5.92 Å². The van der Waals surface area contributed by atoms with E-state index >= 15 is 4.39 Å². The van der Waals surface area contributed by atoms with E-state index in [9.17, 15) is 24.8 Å². The third-order valence-electron chi connectivity index (χ3n) is 5.10. The smallest absolute Gasteiger partial charge is 0.355 e. The van der Waals surface area contributed by atoms with Crippen molar-refractivity contribution < 1.29 is 33.4 Å². The zero-order chi connectivity index (χ0) is 25.2. The number of carboxylic acids is 1. The predicted molar refractivity (Wildman–Crippen MR) is 121 cm³/mol. The van der Waals surface area contributed by atoms with E-state index in [2.05, 4.69) is 15.9 Å². The van der Waals surface area contributed by atoms with Crippen molar-refractivity contribution in [1.82, 2.24) is 0 Å². The van der Waals surface area contributed by atoms with Gasteiger partial charge in [-0.25, -0.2) is 18.8 Å². The van der Waals surface area contributed by atoms with Crippen LogP contribution in [0.1, 0.15) is 21.8 Å². The Morgan fingerprint density at radius 3 is 2.26 bits per heavy atom. The number of nitriles is 1. The highest BCUT2D eigenvalue weighted by Gasteiger charge is 2.44. The summed E-state index contributed by atoms with van der Waals surface area (Å²) in [5.41, 5.74) is 5.02. The lowest BCUT2D eigenvalue weighted by Crippen LogP contribution is -2.41. The van der Waals surface area contributed by atoms with Crippen molar-refractivity contribution in [3.8, 4) is 6.07 Å². The van der Waals surface area contributed by atoms with Gasteiger partial charge in [-0.3, -0.25) is 4.90 Å². The number of nitrogens with zero attached hydrogens (tertiary/aromatic N) is 2. The SMILES string of the molecule is COC(=O)C1=C(C(=O)OC)N(c2c(F)cc(C(=O)O)cc2Br)C(N)=C(C#N)C1c1ccccc1. The molecular formula is C23H17BrFN3O6. The van der Waals surface area contributed by atoms with Gasteiger partial charge < -0.3 is 20.3 Å². The summed E-state index contributed by atoms with van der Waals surface area (Å²) < 4.78 is 24.9. The Labute approximate surface area is 201 Å². The molecular weight excluding hydrogens is 513 g/mol. The van der Waals surface area contributed by atoms with Gasteiger partial charge in [0.25, 0.3) is 0 Å². The molecule has 3 N–H and O–H groups in total. The standard InChI is InChI=1S/C23H17BrFN3O6/c1-33-22(31)17-16(11-6-4-3-5-7-11)13(10-26)20(27)28(19(17)23(32)34-2)18-14(24)8-12(21(29)30)9-15(18)25/h3-9,16H,27H2,1-2H3,(H,29,30). The number of halogens is 2. The Morgan fingerprint density at radius 2 is 1.76 bits per heavy atom. The summed E-state index contributed by atoms with van der Waals surface area (Å²) in [4.78, 5) is 38.1. The first kappa shape index (κ1) is 24.5. The van der Waals surface area contributed by atoms with Crippen LogP contribution in [0.4, 0.5) is 10.1 Å². The number of ether oxygens (including phenoxy) is 2. The number of allylic oxidation sites excluding steroid dienone is 1. The van der Waals surface area contributed by atoms with Crippen LogP contribution >= 0.6 is 15.9 Å². The summed E-state index contributed by atoms with van der Waals surface area (Å²) in [7, 11) is 2.14. The fourth-order valence-electron chi connectivity index (χ4n) is 3.65. The number of benzene rings is 2. The molecule has 174 valence electrons. The van der Waals surface area contributed by atoms with Crippen LogP contribution in [0.2, 0.25) is 0 Å². The molecule has 0 fully saturated rings. The second-order valence-corrected chi connectivity index (χ2v) is 7.78. The van der Waals surface area contributed by atoms with Gasteiger partial charge in [-0.15, -0.1) is 0 Å². The number of esters is 2. The largest absolute Gasteiger partial charge is 0.478 e. The summed E-state index contributed by atoms with van der Waals surface area (Å²) in [6.07, 6.45) is 0. The molecule has 0 spiro atoms. The molecule has 2 aromatic carbocycles. The highest BCUT2D eigenvalue weighted by Crippen LogP contribution is 2.45. The minimum absolute atomic E-state index is 0.103. The molecule has 1 aliphatic heterocycles. The van der Waals surface area contributed by atoms with Gasteiger partial charge in [-0.1, -0.05) is 30.3 Å². The number of nitrogens with two attached hydrogens (primary N) is 1. The summed E-state index contributed by atoms with van der Waals surface area (Å²) >= 11 is 3.11. The van der Waals surface area contributed by atoms with Crippen LogP contribution in [0, 0.1) is 17.1 Å². The molecule has 34 heavy (non-hydrogen) atoms. The van der Waals surface area contributed by atoms with E-state index < -0.39 is 41.0 Å². The molecule has 0 bridgehead atoms. The van der Waals surface area contributed by atoms with Crippen molar-refractivity contribution in [3.63, 3.8) is 0 Å². The topological polar surface area (TPSA) is 143 Å². The number of methoxy groups -OCH3 is 2. The van der Waals surface area contributed by atoms with Crippen molar-refractivity contribution >= 4 is 39.5 Å². The Morgan fingerprint density at radius 1 is 1.15 bits per heavy atom. The lowest BCUT2D eigenvalue weighted by molar-refractivity contribution is -0.139. The molecule has 3 rings (SSSR count). The van der Waals surface area contributed by atoms with Crippen molar-refractivity contribution in [1.29, 1.82) is 5.26 Å². The number of carbonyl (C=O) groups is 3. The van der Waals surface area contributed by atoms with E-state index in [1.54, 1.807) is 30.3 Å². The minimum atomic E-state index is -1.39. The Balaban J connectivity index is 2.47. The zero-order valence-corrected chi connectivity index (χ0v) is 19.4. The number of hydrogen-bond donors (Lipinski definition) is 2. The van der Waals surface area contributed by atoms with Gasteiger partial charge in [0.05, 0.1) is 48.6 Å². The number of hydrogen-bond acceptors (Lipinski definition) is 8. The molecule has 0 saturated carbocycles. The van der Waals surface area contributed by atoms with E-state index in [1.165, 1.54) is 0 Å². The van der Waals surface area contributed by atoms with Gasteiger partial charge >= 0.3 is 17.9 Å². The average Bonchev–Trinajstić information content (AvgIpc) is 2.83. The number of anilines is 1. The lowest BCUT2D eigenvalue weighted by atomic mass is 9.81. The van der Waals surface area contributed by atoms with Crippen LogP contribution in [0.5, 0.6) is 0 Å². The number of rotatable bonds is 5. The van der Waals surface area contributed by atoms with Gasteiger partial charge in [0.1, 0.15) is 17.3 Å². The molecule has 0 saturated heterocycles. The first-order chi connectivity index (χ1) is 16.2. The van der Waals surface area contributed by atoms with E-state index in [1.807, 2.05) is 6.07 Å². The van der Waals surface area contributed by atoms with E-state index in [0.717, 1.165) is 31.3 Å². The molecule has 1 atom stereocenters. The Hall–Kier alpha value is -4.17. The fraction of sp³-hybridized carbons (Fsp3) is 0.130. The highest BCUT2D eigenvalue weighted by atomic mass is 79.9. The van der Waals surface area contributed by atoms with E-state index in [-0.39, 0.29) is 27.0 Å². The summed E-state index contributed by atoms with van der Waals surface area (Å²) in [6.45, 7) is 0. The summed E-state index contributed by atoms with van der Waals surface area (Å²) in [5, 5.41) is 19.2. The van der Waals surface area contributed by atoms with Crippen LogP contribution < -0.4 is 10.6 Å². The monoisotopic (exact) mass is 529 g/mol. The second-order valence-electron chi connectivity index (χ2n) is 6.93. The van der Waals surface area contributed by atoms with Gasteiger partial charge in [0.15, 0.2) is 0 Å². The first-order valence-electron chi connectivity index (χ1n) is 9.55. The van der Waals surface area contributed by atoms with Crippen LogP contribution in [0.15, 0.2) is 69.6 Å². The molecule has 1 unspecified atom stereocenters. The number of carboxylic acid groups (broad SMARTS) is 1. The number of carbonyl (C=O) groups excluding carboxylic acids is 2. The molecule has 0 amide bonds. The van der Waals surface area contributed by atoms with Crippen LogP contribution in [-0.4, -0.2) is 37.2 Å². The summed E-state index contributed by atoms with van der Waals surface area (Å²) in [6, 6.07) is 12.1. The van der Waals surface area contributed by atoms with Crippen LogP contribution in [0.25, 0.3) is 0 Å². The Bertz CT molecular complexity index is 1280. The molecule has 1 aliphatic rings. The molecule has 9 nitrogen and oxygen atoms in total. The van der Waals surface area contributed by atoms with Crippen molar-refractivity contribution in [2.75, 3.05) is 19.1 Å². The van der Waals surface area contributed by atoms with Crippen LogP contribution in [-0.2, 0) is 19.1 Å². The fourth-order valence-corrected chi connectivity index (χ4v) is 4.26. The lowest BCUT2D eigenvalue weighted by Gasteiger charge is -2.36. The third kappa shape index (κ3) is 4.11. The molecule has 2 aromatic rings. The van der Waals surface area contributed by atoms with Gasteiger partial charge in [-0.2, -0.15) is 5.26 Å². The quantitative estimate of drug-likeness (QED) is 0.557. The molecule has 1 heterocycles. The maximum absolute atomic E-state index is 15.2. The van der Waals surface area contributed by atoms with Gasteiger partial charge in [0, 0.05) is 4.47 Å².